The molecule has 0 saturated carbocycles. The summed E-state index contributed by atoms with van der Waals surface area (Å²) < 4.78 is 0. The lowest BCUT2D eigenvalue weighted by Gasteiger charge is -2.08. The van der Waals surface area contributed by atoms with Crippen molar-refractivity contribution in [2.45, 2.75) is 33.6 Å². The Balaban J connectivity index is 3.50. The van der Waals surface area contributed by atoms with Crippen molar-refractivity contribution in [2.24, 2.45) is 5.92 Å². The summed E-state index contributed by atoms with van der Waals surface area (Å²) >= 11 is 0. The first-order chi connectivity index (χ1) is 5.56. The Morgan fingerprint density at radius 3 is 2.42 bits per heavy atom. The third-order valence-corrected chi connectivity index (χ3v) is 1.75. The van der Waals surface area contributed by atoms with Gasteiger partial charge in [0.15, 0.2) is 0 Å². The zero-order chi connectivity index (χ0) is 9.56. The number of Topliss-reactive ketones (excluding diaryl/α,β-unsaturated/α-hetero) is 1. The summed E-state index contributed by atoms with van der Waals surface area (Å²) in [5, 5.41) is 2.70. The summed E-state index contributed by atoms with van der Waals surface area (Å²) in [6.07, 6.45) is 1.05. The smallest absolute Gasteiger partial charge is 0.227 e. The number of ketones is 1. The minimum atomic E-state index is -0.164. The van der Waals surface area contributed by atoms with Crippen LogP contribution in [0.1, 0.15) is 33.6 Å². The first kappa shape index (κ1) is 11.1. The summed E-state index contributed by atoms with van der Waals surface area (Å²) in [5.41, 5.74) is 0. The zero-order valence-electron chi connectivity index (χ0n) is 8.02. The molecule has 0 bridgehead atoms. The molecule has 1 amide bonds. The SMILES string of the molecule is CCC(C)CNC(=O)CC(C)=O. The van der Waals surface area contributed by atoms with Crippen molar-refractivity contribution in [2.75, 3.05) is 6.54 Å². The van der Waals surface area contributed by atoms with Crippen LogP contribution in [0.5, 0.6) is 0 Å². The number of hydrogen-bond acceptors (Lipinski definition) is 2. The van der Waals surface area contributed by atoms with E-state index in [0.29, 0.717) is 12.5 Å². The molecule has 0 heterocycles. The number of rotatable bonds is 5. The van der Waals surface area contributed by atoms with Crippen LogP contribution >= 0.6 is 0 Å². The Morgan fingerprint density at radius 2 is 2.00 bits per heavy atom. The van der Waals surface area contributed by atoms with Crippen LogP contribution in [0, 0.1) is 5.92 Å². The zero-order valence-corrected chi connectivity index (χ0v) is 8.02. The van der Waals surface area contributed by atoms with Crippen molar-refractivity contribution in [3.8, 4) is 0 Å². The van der Waals surface area contributed by atoms with E-state index >= 15 is 0 Å². The predicted molar refractivity (Wildman–Crippen MR) is 47.8 cm³/mol. The number of carbonyl (C=O) groups is 2. The molecule has 1 atom stereocenters. The van der Waals surface area contributed by atoms with E-state index in [1.807, 2.05) is 0 Å². The van der Waals surface area contributed by atoms with Crippen molar-refractivity contribution in [1.29, 1.82) is 0 Å². The molecule has 0 fully saturated rings. The van der Waals surface area contributed by atoms with Crippen LogP contribution in [0.3, 0.4) is 0 Å². The molecular formula is C9H17NO2. The molecule has 0 aliphatic rings. The van der Waals surface area contributed by atoms with E-state index < -0.39 is 0 Å². The molecule has 0 radical (unpaired) electrons. The van der Waals surface area contributed by atoms with E-state index in [4.69, 9.17) is 0 Å². The second kappa shape index (κ2) is 5.75. The molecule has 0 aliphatic heterocycles. The number of hydrogen-bond donors (Lipinski definition) is 1. The van der Waals surface area contributed by atoms with Gasteiger partial charge in [0.1, 0.15) is 5.78 Å². The van der Waals surface area contributed by atoms with Crippen LogP contribution in [0.15, 0.2) is 0 Å². The fourth-order valence-corrected chi connectivity index (χ4v) is 0.721. The molecule has 0 spiro atoms. The van der Waals surface area contributed by atoms with Crippen LogP contribution in [-0.4, -0.2) is 18.2 Å². The molecule has 0 aromatic carbocycles. The standard InChI is InChI=1S/C9H17NO2/c1-4-7(2)6-10-9(12)5-8(3)11/h7H,4-6H2,1-3H3,(H,10,12). The third kappa shape index (κ3) is 5.89. The highest BCUT2D eigenvalue weighted by atomic mass is 16.2. The van der Waals surface area contributed by atoms with Gasteiger partial charge in [-0.2, -0.15) is 0 Å². The highest BCUT2D eigenvalue weighted by molar-refractivity contribution is 5.96. The summed E-state index contributed by atoms with van der Waals surface area (Å²) in [6, 6.07) is 0. The Labute approximate surface area is 73.5 Å². The average molecular weight is 171 g/mol. The van der Waals surface area contributed by atoms with E-state index in [-0.39, 0.29) is 18.1 Å². The van der Waals surface area contributed by atoms with Crippen LogP contribution < -0.4 is 5.32 Å². The largest absolute Gasteiger partial charge is 0.355 e. The van der Waals surface area contributed by atoms with Gasteiger partial charge in [0.25, 0.3) is 0 Å². The van der Waals surface area contributed by atoms with Crippen molar-refractivity contribution < 1.29 is 9.59 Å². The maximum absolute atomic E-state index is 10.9. The fraction of sp³-hybridized carbons (Fsp3) is 0.778. The summed E-state index contributed by atoms with van der Waals surface area (Å²) in [6.45, 7) is 6.22. The topological polar surface area (TPSA) is 46.2 Å². The van der Waals surface area contributed by atoms with Crippen molar-refractivity contribution >= 4 is 11.7 Å². The average Bonchev–Trinajstić information content (AvgIpc) is 1.99. The van der Waals surface area contributed by atoms with Gasteiger partial charge in [-0.1, -0.05) is 20.3 Å². The second-order valence-corrected chi connectivity index (χ2v) is 3.20. The van der Waals surface area contributed by atoms with Gasteiger partial charge in [0, 0.05) is 6.54 Å². The van der Waals surface area contributed by atoms with Crippen molar-refractivity contribution in [3.05, 3.63) is 0 Å². The van der Waals surface area contributed by atoms with Crippen molar-refractivity contribution in [3.63, 3.8) is 0 Å². The summed E-state index contributed by atoms with van der Waals surface area (Å²) in [4.78, 5) is 21.4. The van der Waals surface area contributed by atoms with Crippen molar-refractivity contribution in [1.82, 2.24) is 5.32 Å². The summed E-state index contributed by atoms with van der Waals surface area (Å²) in [5.74, 6) is 0.236. The number of nitrogens with one attached hydrogen (secondary N) is 1. The Morgan fingerprint density at radius 1 is 1.42 bits per heavy atom. The van der Waals surface area contributed by atoms with Gasteiger partial charge in [0.05, 0.1) is 6.42 Å². The minimum absolute atomic E-state index is 0.0104. The molecule has 0 aromatic rings. The number of carbonyl (C=O) groups excluding carboxylic acids is 2. The van der Waals surface area contributed by atoms with Crippen LogP contribution in [0.4, 0.5) is 0 Å². The number of amides is 1. The molecule has 0 aliphatic carbocycles. The monoisotopic (exact) mass is 171 g/mol. The van der Waals surface area contributed by atoms with Crippen LogP contribution in [0.2, 0.25) is 0 Å². The molecular weight excluding hydrogens is 154 g/mol. The summed E-state index contributed by atoms with van der Waals surface area (Å²) in [7, 11) is 0. The van der Waals surface area contributed by atoms with E-state index in [2.05, 4.69) is 19.2 Å². The van der Waals surface area contributed by atoms with Gasteiger partial charge in [-0.15, -0.1) is 0 Å². The Hall–Kier alpha value is -0.860. The van der Waals surface area contributed by atoms with Gasteiger partial charge in [-0.3, -0.25) is 9.59 Å². The van der Waals surface area contributed by atoms with E-state index in [0.717, 1.165) is 6.42 Å². The third-order valence-electron chi connectivity index (χ3n) is 1.75. The van der Waals surface area contributed by atoms with Gasteiger partial charge in [0.2, 0.25) is 5.91 Å². The lowest BCUT2D eigenvalue weighted by atomic mass is 10.1. The molecule has 0 aromatic heterocycles. The normalized spacial score (nSPS) is 12.2. The second-order valence-electron chi connectivity index (χ2n) is 3.20. The highest BCUT2D eigenvalue weighted by Crippen LogP contribution is 1.97. The predicted octanol–water partition coefficient (Wildman–Crippen LogP) is 1.13. The molecule has 3 nitrogen and oxygen atoms in total. The molecule has 0 saturated heterocycles. The molecule has 1 N–H and O–H groups in total. The van der Waals surface area contributed by atoms with Gasteiger partial charge in [-0.25, -0.2) is 0 Å². The van der Waals surface area contributed by atoms with Crippen LogP contribution in [-0.2, 0) is 9.59 Å². The van der Waals surface area contributed by atoms with E-state index in [9.17, 15) is 9.59 Å². The lowest BCUT2D eigenvalue weighted by molar-refractivity contribution is -0.127. The lowest BCUT2D eigenvalue weighted by Crippen LogP contribution is -2.29. The fourth-order valence-electron chi connectivity index (χ4n) is 0.721. The van der Waals surface area contributed by atoms with Gasteiger partial charge in [-0.05, 0) is 12.8 Å². The quantitative estimate of drug-likeness (QED) is 0.630. The van der Waals surface area contributed by atoms with Gasteiger partial charge >= 0.3 is 0 Å². The molecule has 12 heavy (non-hydrogen) atoms. The van der Waals surface area contributed by atoms with Gasteiger partial charge < -0.3 is 5.32 Å². The molecule has 70 valence electrons. The van der Waals surface area contributed by atoms with Crippen LogP contribution in [0.25, 0.3) is 0 Å². The Kier molecular flexibility index (Phi) is 5.34. The first-order valence-electron chi connectivity index (χ1n) is 4.32. The molecule has 1 unspecified atom stereocenters. The Bertz CT molecular complexity index is 166. The first-order valence-corrected chi connectivity index (χ1v) is 4.32. The highest BCUT2D eigenvalue weighted by Gasteiger charge is 2.05. The maximum Gasteiger partial charge on any atom is 0.227 e. The van der Waals surface area contributed by atoms with E-state index in [1.165, 1.54) is 6.92 Å². The molecule has 3 heteroatoms. The van der Waals surface area contributed by atoms with E-state index in [1.54, 1.807) is 0 Å². The maximum atomic E-state index is 10.9. The minimum Gasteiger partial charge on any atom is -0.355 e. The molecule has 0 rings (SSSR count).